The summed E-state index contributed by atoms with van der Waals surface area (Å²) in [6.07, 6.45) is 0.783. The maximum absolute atomic E-state index is 12.5. The number of amides is 1. The van der Waals surface area contributed by atoms with E-state index in [4.69, 9.17) is 16.3 Å². The van der Waals surface area contributed by atoms with Gasteiger partial charge in [0.2, 0.25) is 5.13 Å². The summed E-state index contributed by atoms with van der Waals surface area (Å²) in [5, 5.41) is 12.7. The van der Waals surface area contributed by atoms with Crippen LogP contribution in [0, 0.1) is 0 Å². The van der Waals surface area contributed by atoms with Gasteiger partial charge < -0.3 is 4.74 Å². The molecule has 5 nitrogen and oxygen atoms in total. The van der Waals surface area contributed by atoms with Gasteiger partial charge in [0.25, 0.3) is 5.91 Å². The highest BCUT2D eigenvalue weighted by Crippen LogP contribution is 2.24. The fraction of sp³-hybridized carbons (Fsp3) is 0.167. The molecule has 1 aromatic heterocycles. The number of carbonyl (C=O) groups excluding carboxylic acids is 1. The number of carbonyl (C=O) groups is 1. The molecule has 0 saturated heterocycles. The van der Waals surface area contributed by atoms with Crippen molar-refractivity contribution in [2.24, 2.45) is 0 Å². The lowest BCUT2D eigenvalue weighted by Crippen LogP contribution is -2.13. The van der Waals surface area contributed by atoms with Gasteiger partial charge in [-0.05, 0) is 24.6 Å². The van der Waals surface area contributed by atoms with Crippen molar-refractivity contribution in [1.82, 2.24) is 10.2 Å². The number of hydrogen-bond acceptors (Lipinski definition) is 5. The molecule has 0 atom stereocenters. The number of ether oxygens (including phenoxy) is 1. The number of aryl methyl sites for hydroxylation is 1. The van der Waals surface area contributed by atoms with Crippen molar-refractivity contribution < 1.29 is 9.53 Å². The van der Waals surface area contributed by atoms with Gasteiger partial charge in [-0.2, -0.15) is 0 Å². The van der Waals surface area contributed by atoms with E-state index in [0.29, 0.717) is 21.5 Å². The van der Waals surface area contributed by atoms with Crippen molar-refractivity contribution in [2.75, 3.05) is 5.32 Å². The highest BCUT2D eigenvalue weighted by molar-refractivity contribution is 7.15. The van der Waals surface area contributed by atoms with E-state index in [2.05, 4.69) is 15.5 Å². The van der Waals surface area contributed by atoms with E-state index in [9.17, 15) is 4.79 Å². The Morgan fingerprint density at radius 3 is 2.68 bits per heavy atom. The standard InChI is InChI=1S/C18H16ClN3O2S/c1-2-16-21-22-18(25-16)20-17(23)13-8-4-6-10-15(13)24-11-12-7-3-5-9-14(12)19/h3-10H,2,11H2,1H3,(H,20,22,23). The number of anilines is 1. The third-order valence-corrected chi connectivity index (χ3v) is 4.81. The summed E-state index contributed by atoms with van der Waals surface area (Å²) >= 11 is 7.50. The number of hydrogen-bond donors (Lipinski definition) is 1. The van der Waals surface area contributed by atoms with Crippen LogP contribution >= 0.6 is 22.9 Å². The molecule has 0 spiro atoms. The minimum Gasteiger partial charge on any atom is -0.488 e. The lowest BCUT2D eigenvalue weighted by Gasteiger charge is -2.11. The molecule has 3 aromatic rings. The van der Waals surface area contributed by atoms with Crippen LogP contribution in [-0.4, -0.2) is 16.1 Å². The molecule has 1 amide bonds. The maximum Gasteiger partial charge on any atom is 0.261 e. The maximum atomic E-state index is 12.5. The first-order valence-corrected chi connectivity index (χ1v) is 8.95. The fourth-order valence-electron chi connectivity index (χ4n) is 2.16. The number of halogens is 1. The van der Waals surface area contributed by atoms with Crippen molar-refractivity contribution in [2.45, 2.75) is 20.0 Å². The number of nitrogens with zero attached hydrogens (tertiary/aromatic N) is 2. The number of benzene rings is 2. The summed E-state index contributed by atoms with van der Waals surface area (Å²) in [6, 6.07) is 14.5. The topological polar surface area (TPSA) is 64.1 Å². The molecule has 2 aromatic carbocycles. The Hall–Kier alpha value is -2.44. The van der Waals surface area contributed by atoms with Crippen LogP contribution in [-0.2, 0) is 13.0 Å². The van der Waals surface area contributed by atoms with Crippen LogP contribution in [0.25, 0.3) is 0 Å². The zero-order valence-corrected chi connectivity index (χ0v) is 15.1. The van der Waals surface area contributed by atoms with E-state index < -0.39 is 0 Å². The Morgan fingerprint density at radius 1 is 1.16 bits per heavy atom. The smallest absolute Gasteiger partial charge is 0.261 e. The van der Waals surface area contributed by atoms with Gasteiger partial charge in [-0.3, -0.25) is 10.1 Å². The number of para-hydroxylation sites is 1. The third-order valence-electron chi connectivity index (χ3n) is 3.46. The van der Waals surface area contributed by atoms with E-state index in [1.807, 2.05) is 31.2 Å². The summed E-state index contributed by atoms with van der Waals surface area (Å²) < 4.78 is 5.81. The Kier molecular flexibility index (Phi) is 5.63. The molecule has 3 rings (SSSR count). The Morgan fingerprint density at radius 2 is 1.92 bits per heavy atom. The first-order chi connectivity index (χ1) is 12.2. The average Bonchev–Trinajstić information content (AvgIpc) is 3.09. The highest BCUT2D eigenvalue weighted by Gasteiger charge is 2.15. The average molecular weight is 374 g/mol. The van der Waals surface area contributed by atoms with Crippen LogP contribution in [0.2, 0.25) is 5.02 Å². The van der Waals surface area contributed by atoms with Gasteiger partial charge in [-0.15, -0.1) is 10.2 Å². The Labute approximate surface area is 154 Å². The van der Waals surface area contributed by atoms with E-state index in [1.54, 1.807) is 24.3 Å². The summed E-state index contributed by atoms with van der Waals surface area (Å²) in [5.41, 5.74) is 1.29. The second-order valence-corrected chi connectivity index (χ2v) is 6.65. The van der Waals surface area contributed by atoms with E-state index in [0.717, 1.165) is 17.0 Å². The molecule has 0 aliphatic rings. The summed E-state index contributed by atoms with van der Waals surface area (Å²) in [4.78, 5) is 12.5. The molecule has 0 bridgehead atoms. The molecular weight excluding hydrogens is 358 g/mol. The number of rotatable bonds is 6. The van der Waals surface area contributed by atoms with Crippen molar-refractivity contribution in [1.29, 1.82) is 0 Å². The minimum atomic E-state index is -0.284. The molecule has 25 heavy (non-hydrogen) atoms. The van der Waals surface area contributed by atoms with Crippen LogP contribution in [0.15, 0.2) is 48.5 Å². The Balaban J connectivity index is 1.73. The molecule has 0 aliphatic heterocycles. The molecule has 0 aliphatic carbocycles. The van der Waals surface area contributed by atoms with Gasteiger partial charge in [-0.25, -0.2) is 0 Å². The van der Waals surface area contributed by atoms with Gasteiger partial charge in [0, 0.05) is 10.6 Å². The van der Waals surface area contributed by atoms with Gasteiger partial charge in [-0.1, -0.05) is 60.2 Å². The second-order valence-electron chi connectivity index (χ2n) is 5.18. The summed E-state index contributed by atoms with van der Waals surface area (Å²) in [6.45, 7) is 2.27. The first kappa shape index (κ1) is 17.4. The van der Waals surface area contributed by atoms with Gasteiger partial charge in [0.05, 0.1) is 5.56 Å². The lowest BCUT2D eigenvalue weighted by atomic mass is 10.2. The van der Waals surface area contributed by atoms with Crippen LogP contribution in [0.3, 0.4) is 0 Å². The quantitative estimate of drug-likeness (QED) is 0.686. The summed E-state index contributed by atoms with van der Waals surface area (Å²) in [5.74, 6) is 0.203. The molecule has 0 saturated carbocycles. The molecule has 0 radical (unpaired) electrons. The van der Waals surface area contributed by atoms with Crippen molar-refractivity contribution in [3.8, 4) is 5.75 Å². The predicted octanol–water partition coefficient (Wildman–Crippen LogP) is 4.59. The van der Waals surface area contributed by atoms with Crippen molar-refractivity contribution in [3.63, 3.8) is 0 Å². The van der Waals surface area contributed by atoms with E-state index in [1.165, 1.54) is 11.3 Å². The van der Waals surface area contributed by atoms with Crippen LogP contribution in [0.1, 0.15) is 27.9 Å². The zero-order valence-electron chi connectivity index (χ0n) is 13.5. The van der Waals surface area contributed by atoms with Gasteiger partial charge in [0.15, 0.2) is 0 Å². The zero-order chi connectivity index (χ0) is 17.6. The molecular formula is C18H16ClN3O2S. The SMILES string of the molecule is CCc1nnc(NC(=O)c2ccccc2OCc2ccccc2Cl)s1. The van der Waals surface area contributed by atoms with E-state index in [-0.39, 0.29) is 12.5 Å². The fourth-order valence-corrected chi connectivity index (χ4v) is 3.03. The van der Waals surface area contributed by atoms with Crippen LogP contribution in [0.5, 0.6) is 5.75 Å². The molecule has 1 heterocycles. The normalized spacial score (nSPS) is 10.5. The van der Waals surface area contributed by atoms with Crippen molar-refractivity contribution >= 4 is 34.0 Å². The molecule has 1 N–H and O–H groups in total. The molecule has 128 valence electrons. The number of aromatic nitrogens is 2. The van der Waals surface area contributed by atoms with Gasteiger partial charge in [0.1, 0.15) is 17.4 Å². The van der Waals surface area contributed by atoms with Crippen molar-refractivity contribution in [3.05, 3.63) is 69.7 Å². The minimum absolute atomic E-state index is 0.281. The third kappa shape index (κ3) is 4.35. The monoisotopic (exact) mass is 373 g/mol. The van der Waals surface area contributed by atoms with E-state index >= 15 is 0 Å². The lowest BCUT2D eigenvalue weighted by molar-refractivity contribution is 0.102. The molecule has 7 heteroatoms. The summed E-state index contributed by atoms with van der Waals surface area (Å²) in [7, 11) is 0. The molecule has 0 fully saturated rings. The predicted molar refractivity (Wildman–Crippen MR) is 99.5 cm³/mol. The molecule has 0 unspecified atom stereocenters. The largest absolute Gasteiger partial charge is 0.488 e. The first-order valence-electron chi connectivity index (χ1n) is 7.76. The highest BCUT2D eigenvalue weighted by atomic mass is 35.5. The Bertz CT molecular complexity index is 882. The van der Waals surface area contributed by atoms with Crippen LogP contribution < -0.4 is 10.1 Å². The van der Waals surface area contributed by atoms with Gasteiger partial charge >= 0.3 is 0 Å². The van der Waals surface area contributed by atoms with Crippen LogP contribution in [0.4, 0.5) is 5.13 Å². The second kappa shape index (κ2) is 8.09. The number of nitrogens with one attached hydrogen (secondary N) is 1.